The minimum atomic E-state index is 0.510. The lowest BCUT2D eigenvalue weighted by Gasteiger charge is -2.45. The number of hydrogen-bond donors (Lipinski definition) is 1. The molecule has 1 N–H and O–H groups in total. The summed E-state index contributed by atoms with van der Waals surface area (Å²) in [4.78, 5) is 2.68. The molecule has 0 aromatic rings. The molecule has 1 fully saturated rings. The smallest absolute Gasteiger partial charge is 0.0615 e. The molecule has 4 unspecified atom stereocenters. The van der Waals surface area contributed by atoms with Gasteiger partial charge in [-0.3, -0.25) is 4.90 Å². The first kappa shape index (κ1) is 18.9. The van der Waals surface area contributed by atoms with Gasteiger partial charge in [0.2, 0.25) is 0 Å². The average Bonchev–Trinajstić information content (AvgIpc) is 2.48. The van der Waals surface area contributed by atoms with Gasteiger partial charge >= 0.3 is 0 Å². The van der Waals surface area contributed by atoms with Gasteiger partial charge in [0.1, 0.15) is 0 Å². The molecular weight excluding hydrogens is 260 g/mol. The number of ether oxygens (including phenoxy) is 1. The first-order valence-corrected chi connectivity index (χ1v) is 9.15. The molecule has 1 rings (SSSR count). The third-order valence-corrected chi connectivity index (χ3v) is 5.04. The van der Waals surface area contributed by atoms with Crippen LogP contribution in [0.15, 0.2) is 0 Å². The van der Waals surface area contributed by atoms with Gasteiger partial charge in [-0.1, -0.05) is 33.6 Å². The molecule has 0 aliphatic heterocycles. The summed E-state index contributed by atoms with van der Waals surface area (Å²) < 4.78 is 5.41. The molecule has 21 heavy (non-hydrogen) atoms. The van der Waals surface area contributed by atoms with E-state index in [1.54, 1.807) is 0 Å². The Hall–Kier alpha value is -0.120. The number of likely N-dealkylation sites (N-methyl/N-ethyl adjacent to an activating group) is 1. The lowest BCUT2D eigenvalue weighted by molar-refractivity contribution is 0.0319. The van der Waals surface area contributed by atoms with Gasteiger partial charge in [-0.2, -0.15) is 0 Å². The molecule has 0 aromatic heterocycles. The summed E-state index contributed by atoms with van der Waals surface area (Å²) in [5.41, 5.74) is 0. The van der Waals surface area contributed by atoms with Crippen molar-refractivity contribution in [3.8, 4) is 0 Å². The number of hydrogen-bond acceptors (Lipinski definition) is 3. The van der Waals surface area contributed by atoms with Gasteiger partial charge in [0.15, 0.2) is 0 Å². The highest BCUT2D eigenvalue weighted by molar-refractivity contribution is 4.92. The Morgan fingerprint density at radius 3 is 2.52 bits per heavy atom. The van der Waals surface area contributed by atoms with Crippen LogP contribution in [0.1, 0.15) is 66.2 Å². The lowest BCUT2D eigenvalue weighted by atomic mass is 9.79. The predicted molar refractivity (Wildman–Crippen MR) is 91.8 cm³/mol. The van der Waals surface area contributed by atoms with E-state index < -0.39 is 0 Å². The molecule has 1 aliphatic carbocycles. The summed E-state index contributed by atoms with van der Waals surface area (Å²) in [6.45, 7) is 12.3. The van der Waals surface area contributed by atoms with E-state index in [1.165, 1.54) is 38.5 Å². The van der Waals surface area contributed by atoms with Gasteiger partial charge in [0.25, 0.3) is 0 Å². The second-order valence-corrected chi connectivity index (χ2v) is 6.73. The maximum Gasteiger partial charge on any atom is 0.0615 e. The SMILES string of the molecule is CCCNC1CCC(CCC)CC1N(CC)C(C)COC. The van der Waals surface area contributed by atoms with E-state index in [-0.39, 0.29) is 0 Å². The summed E-state index contributed by atoms with van der Waals surface area (Å²) in [6.07, 6.45) is 8.04. The Morgan fingerprint density at radius 2 is 1.95 bits per heavy atom. The topological polar surface area (TPSA) is 24.5 Å². The third-order valence-electron chi connectivity index (χ3n) is 5.04. The number of methoxy groups -OCH3 is 1. The van der Waals surface area contributed by atoms with Crippen molar-refractivity contribution in [2.75, 3.05) is 26.8 Å². The molecule has 3 nitrogen and oxygen atoms in total. The minimum absolute atomic E-state index is 0.510. The van der Waals surface area contributed by atoms with Gasteiger partial charge in [-0.05, 0) is 51.6 Å². The van der Waals surface area contributed by atoms with E-state index in [4.69, 9.17) is 4.74 Å². The summed E-state index contributed by atoms with van der Waals surface area (Å²) in [7, 11) is 1.82. The molecule has 1 aliphatic rings. The van der Waals surface area contributed by atoms with Crippen LogP contribution in [0.3, 0.4) is 0 Å². The molecule has 0 heterocycles. The van der Waals surface area contributed by atoms with Crippen molar-refractivity contribution in [3.63, 3.8) is 0 Å². The molecule has 126 valence electrons. The van der Waals surface area contributed by atoms with Crippen LogP contribution in [-0.4, -0.2) is 49.8 Å². The number of rotatable bonds is 10. The standard InChI is InChI=1S/C18H38N2O/c1-6-9-16-10-11-17(19-12-7-2)18(13-16)20(8-3)15(4)14-21-5/h15-19H,6-14H2,1-5H3. The summed E-state index contributed by atoms with van der Waals surface area (Å²) in [5.74, 6) is 0.920. The normalized spacial score (nSPS) is 28.0. The first-order chi connectivity index (χ1) is 10.2. The first-order valence-electron chi connectivity index (χ1n) is 9.15. The van der Waals surface area contributed by atoms with Crippen molar-refractivity contribution >= 4 is 0 Å². The van der Waals surface area contributed by atoms with E-state index in [1.807, 2.05) is 7.11 Å². The van der Waals surface area contributed by atoms with Gasteiger partial charge in [0.05, 0.1) is 6.61 Å². The fourth-order valence-electron chi connectivity index (χ4n) is 4.05. The van der Waals surface area contributed by atoms with Crippen molar-refractivity contribution in [3.05, 3.63) is 0 Å². The molecule has 0 aromatic carbocycles. The van der Waals surface area contributed by atoms with E-state index in [0.29, 0.717) is 18.1 Å². The highest BCUT2D eigenvalue weighted by atomic mass is 16.5. The fraction of sp³-hybridized carbons (Fsp3) is 1.00. The second kappa shape index (κ2) is 10.6. The molecule has 4 atom stereocenters. The van der Waals surface area contributed by atoms with Gasteiger partial charge in [-0.15, -0.1) is 0 Å². The van der Waals surface area contributed by atoms with Gasteiger partial charge in [0, 0.05) is 25.2 Å². The Balaban J connectivity index is 2.74. The zero-order valence-electron chi connectivity index (χ0n) is 15.0. The zero-order valence-corrected chi connectivity index (χ0v) is 15.0. The predicted octanol–water partition coefficient (Wildman–Crippen LogP) is 3.68. The lowest BCUT2D eigenvalue weighted by Crippen LogP contribution is -2.56. The largest absolute Gasteiger partial charge is 0.383 e. The minimum Gasteiger partial charge on any atom is -0.383 e. The molecule has 0 radical (unpaired) electrons. The maximum atomic E-state index is 5.41. The Labute approximate surface area is 132 Å². The number of nitrogens with one attached hydrogen (secondary N) is 1. The second-order valence-electron chi connectivity index (χ2n) is 6.73. The number of nitrogens with zero attached hydrogens (tertiary/aromatic N) is 1. The van der Waals surface area contributed by atoms with Crippen LogP contribution in [0.2, 0.25) is 0 Å². The summed E-state index contributed by atoms with van der Waals surface area (Å²) in [6, 6.07) is 1.85. The average molecular weight is 299 g/mol. The molecule has 0 saturated heterocycles. The van der Waals surface area contributed by atoms with Crippen molar-refractivity contribution < 1.29 is 4.74 Å². The monoisotopic (exact) mass is 298 g/mol. The summed E-state index contributed by atoms with van der Waals surface area (Å²) >= 11 is 0. The highest BCUT2D eigenvalue weighted by Gasteiger charge is 2.34. The van der Waals surface area contributed by atoms with Crippen LogP contribution >= 0.6 is 0 Å². The third kappa shape index (κ3) is 5.88. The molecule has 0 bridgehead atoms. The Bertz CT molecular complexity index is 260. The van der Waals surface area contributed by atoms with Crippen molar-refractivity contribution in [1.29, 1.82) is 0 Å². The van der Waals surface area contributed by atoms with Gasteiger partial charge < -0.3 is 10.1 Å². The summed E-state index contributed by atoms with van der Waals surface area (Å²) in [5, 5.41) is 3.81. The van der Waals surface area contributed by atoms with E-state index in [2.05, 4.69) is 37.9 Å². The Kier molecular flexibility index (Phi) is 9.54. The quantitative estimate of drug-likeness (QED) is 0.666. The van der Waals surface area contributed by atoms with E-state index in [9.17, 15) is 0 Å². The van der Waals surface area contributed by atoms with Crippen molar-refractivity contribution in [2.24, 2.45) is 5.92 Å². The van der Waals surface area contributed by atoms with Crippen LogP contribution in [0.25, 0.3) is 0 Å². The van der Waals surface area contributed by atoms with Crippen LogP contribution < -0.4 is 5.32 Å². The van der Waals surface area contributed by atoms with Crippen molar-refractivity contribution in [2.45, 2.75) is 84.3 Å². The van der Waals surface area contributed by atoms with E-state index in [0.717, 1.165) is 25.6 Å². The van der Waals surface area contributed by atoms with Crippen LogP contribution in [0.4, 0.5) is 0 Å². The van der Waals surface area contributed by atoms with Crippen molar-refractivity contribution in [1.82, 2.24) is 10.2 Å². The van der Waals surface area contributed by atoms with Crippen LogP contribution in [0, 0.1) is 5.92 Å². The molecule has 0 amide bonds. The molecule has 3 heteroatoms. The highest BCUT2D eigenvalue weighted by Crippen LogP contribution is 2.32. The fourth-order valence-corrected chi connectivity index (χ4v) is 4.05. The molecule has 0 spiro atoms. The van der Waals surface area contributed by atoms with E-state index >= 15 is 0 Å². The maximum absolute atomic E-state index is 5.41. The van der Waals surface area contributed by atoms with Gasteiger partial charge in [-0.25, -0.2) is 0 Å². The van der Waals surface area contributed by atoms with Crippen LogP contribution in [0.5, 0.6) is 0 Å². The Morgan fingerprint density at radius 1 is 1.19 bits per heavy atom. The molecular formula is C18H38N2O. The van der Waals surface area contributed by atoms with Crippen LogP contribution in [-0.2, 0) is 4.74 Å². The molecule has 1 saturated carbocycles. The zero-order chi connectivity index (χ0) is 15.7.